The topological polar surface area (TPSA) is 98.5 Å². The maximum Gasteiger partial charge on any atom is 0.309 e. The molecule has 0 aliphatic heterocycles. The zero-order chi connectivity index (χ0) is 19.8. The van der Waals surface area contributed by atoms with Crippen LogP contribution in [0.4, 0.5) is 5.69 Å². The Morgan fingerprint density at radius 3 is 2.33 bits per heavy atom. The van der Waals surface area contributed by atoms with Crippen molar-refractivity contribution < 1.29 is 19.1 Å². The number of carbonyl (C=O) groups excluding carboxylic acids is 3. The summed E-state index contributed by atoms with van der Waals surface area (Å²) in [6.07, 6.45) is 6.64. The number of nitrogens with one attached hydrogen (secondary N) is 1. The number of benzene rings is 1. The fraction of sp³-hybridized carbons (Fsp3) is 0.571. The molecule has 1 aromatic rings. The third-order valence-corrected chi connectivity index (χ3v) is 5.25. The molecule has 6 nitrogen and oxygen atoms in total. The predicted molar refractivity (Wildman–Crippen MR) is 104 cm³/mol. The number of amides is 2. The van der Waals surface area contributed by atoms with Crippen LogP contribution < -0.4 is 11.1 Å². The maximum absolute atomic E-state index is 12.4. The molecule has 0 heterocycles. The number of rotatable bonds is 8. The van der Waals surface area contributed by atoms with Crippen LogP contribution in [0, 0.1) is 11.8 Å². The van der Waals surface area contributed by atoms with E-state index in [9.17, 15) is 14.4 Å². The molecule has 1 atom stereocenters. The van der Waals surface area contributed by atoms with Crippen LogP contribution in [0.15, 0.2) is 24.3 Å². The third kappa shape index (κ3) is 6.38. The molecule has 1 unspecified atom stereocenters. The van der Waals surface area contributed by atoms with Crippen LogP contribution in [0.2, 0.25) is 0 Å². The average Bonchev–Trinajstić information content (AvgIpc) is 2.67. The van der Waals surface area contributed by atoms with Crippen molar-refractivity contribution >= 4 is 23.5 Å². The zero-order valence-corrected chi connectivity index (χ0v) is 16.2. The molecular weight excluding hydrogens is 344 g/mol. The van der Waals surface area contributed by atoms with Crippen LogP contribution in [0.5, 0.6) is 0 Å². The predicted octanol–water partition coefficient (Wildman–Crippen LogP) is 3.65. The van der Waals surface area contributed by atoms with Crippen molar-refractivity contribution in [3.63, 3.8) is 0 Å². The molecule has 3 N–H and O–H groups in total. The lowest BCUT2D eigenvalue weighted by molar-refractivity contribution is -0.158. The number of primary amides is 1. The first kappa shape index (κ1) is 20.9. The number of hydrogen-bond donors (Lipinski definition) is 2. The number of anilines is 1. The Kier molecular flexibility index (Phi) is 7.82. The number of carbonyl (C=O) groups is 3. The number of nitrogens with two attached hydrogens (primary N) is 1. The fourth-order valence-corrected chi connectivity index (χ4v) is 3.47. The molecule has 2 amide bonds. The van der Waals surface area contributed by atoms with Gasteiger partial charge in [0.05, 0.1) is 5.92 Å². The lowest BCUT2D eigenvalue weighted by atomic mass is 9.80. The van der Waals surface area contributed by atoms with Crippen LogP contribution in [-0.4, -0.2) is 23.9 Å². The standard InChI is InChI=1S/C21H30N2O4/c1-3-4-5-15-6-8-17(9-7-15)21(26)27-14(2)20(25)23-18-12-10-16(11-13-18)19(22)24/h10-15,17H,3-9H2,1-2H3,(H2,22,24)(H,23,25). The monoisotopic (exact) mass is 374 g/mol. The molecule has 1 aromatic carbocycles. The number of ether oxygens (including phenoxy) is 1. The molecule has 148 valence electrons. The van der Waals surface area contributed by atoms with Gasteiger partial charge in [-0.25, -0.2) is 0 Å². The second-order valence-electron chi connectivity index (χ2n) is 7.37. The number of hydrogen-bond acceptors (Lipinski definition) is 4. The first-order valence-corrected chi connectivity index (χ1v) is 9.82. The van der Waals surface area contributed by atoms with E-state index < -0.39 is 17.9 Å². The SMILES string of the molecule is CCCCC1CCC(C(=O)OC(C)C(=O)Nc2ccc(C(N)=O)cc2)CC1. The normalized spacial score (nSPS) is 20.5. The van der Waals surface area contributed by atoms with Crippen LogP contribution in [0.25, 0.3) is 0 Å². The van der Waals surface area contributed by atoms with Crippen LogP contribution >= 0.6 is 0 Å². The minimum absolute atomic E-state index is 0.104. The first-order valence-electron chi connectivity index (χ1n) is 9.82. The van der Waals surface area contributed by atoms with Crippen molar-refractivity contribution in [2.45, 2.75) is 64.9 Å². The molecule has 1 aliphatic rings. The van der Waals surface area contributed by atoms with Crippen LogP contribution in [0.3, 0.4) is 0 Å². The van der Waals surface area contributed by atoms with E-state index in [-0.39, 0.29) is 11.9 Å². The number of esters is 1. The molecule has 1 fully saturated rings. The van der Waals surface area contributed by atoms with Gasteiger partial charge in [0.2, 0.25) is 5.91 Å². The molecular formula is C21H30N2O4. The van der Waals surface area contributed by atoms with Gasteiger partial charge in [0.25, 0.3) is 5.91 Å². The van der Waals surface area contributed by atoms with Crippen LogP contribution in [0.1, 0.15) is 69.2 Å². The zero-order valence-electron chi connectivity index (χ0n) is 16.2. The van der Waals surface area contributed by atoms with Gasteiger partial charge in [0, 0.05) is 11.3 Å². The molecule has 6 heteroatoms. The van der Waals surface area contributed by atoms with Gasteiger partial charge in [-0.2, -0.15) is 0 Å². The van der Waals surface area contributed by atoms with E-state index in [0.29, 0.717) is 11.3 Å². The average molecular weight is 374 g/mol. The highest BCUT2D eigenvalue weighted by molar-refractivity contribution is 5.96. The van der Waals surface area contributed by atoms with E-state index in [1.807, 2.05) is 0 Å². The lowest BCUT2D eigenvalue weighted by Gasteiger charge is -2.28. The number of unbranched alkanes of at least 4 members (excludes halogenated alkanes) is 1. The van der Waals surface area contributed by atoms with E-state index in [1.165, 1.54) is 31.4 Å². The van der Waals surface area contributed by atoms with Gasteiger partial charge in [0.15, 0.2) is 6.10 Å². The fourth-order valence-electron chi connectivity index (χ4n) is 3.47. The van der Waals surface area contributed by atoms with Crippen molar-refractivity contribution in [3.8, 4) is 0 Å². The molecule has 2 rings (SSSR count). The molecule has 0 aromatic heterocycles. The molecule has 0 bridgehead atoms. The molecule has 0 saturated heterocycles. The smallest absolute Gasteiger partial charge is 0.309 e. The van der Waals surface area contributed by atoms with Crippen molar-refractivity contribution in [2.75, 3.05) is 5.32 Å². The highest BCUT2D eigenvalue weighted by atomic mass is 16.5. The Morgan fingerprint density at radius 1 is 1.15 bits per heavy atom. The maximum atomic E-state index is 12.4. The Bertz CT molecular complexity index is 649. The molecule has 0 radical (unpaired) electrons. The van der Waals surface area contributed by atoms with E-state index in [2.05, 4.69) is 12.2 Å². The summed E-state index contributed by atoms with van der Waals surface area (Å²) < 4.78 is 5.38. The van der Waals surface area contributed by atoms with E-state index >= 15 is 0 Å². The van der Waals surface area contributed by atoms with E-state index in [4.69, 9.17) is 10.5 Å². The van der Waals surface area contributed by atoms with Gasteiger partial charge in [-0.1, -0.05) is 26.2 Å². The summed E-state index contributed by atoms with van der Waals surface area (Å²) in [5, 5.41) is 2.68. The largest absolute Gasteiger partial charge is 0.452 e. The quantitative estimate of drug-likeness (QED) is 0.679. The Labute approximate surface area is 160 Å². The summed E-state index contributed by atoms with van der Waals surface area (Å²) >= 11 is 0. The first-order chi connectivity index (χ1) is 12.9. The third-order valence-electron chi connectivity index (χ3n) is 5.25. The highest BCUT2D eigenvalue weighted by Crippen LogP contribution is 2.32. The van der Waals surface area contributed by atoms with Crippen LogP contribution in [-0.2, 0) is 14.3 Å². The van der Waals surface area contributed by atoms with Gasteiger partial charge in [-0.15, -0.1) is 0 Å². The van der Waals surface area contributed by atoms with Gasteiger partial charge in [-0.05, 0) is 62.8 Å². The Hall–Kier alpha value is -2.37. The van der Waals surface area contributed by atoms with Gasteiger partial charge in [-0.3, -0.25) is 14.4 Å². The van der Waals surface area contributed by atoms with Gasteiger partial charge < -0.3 is 15.8 Å². The van der Waals surface area contributed by atoms with E-state index in [1.54, 1.807) is 19.1 Å². The summed E-state index contributed by atoms with van der Waals surface area (Å²) in [7, 11) is 0. The Morgan fingerprint density at radius 2 is 1.78 bits per heavy atom. The van der Waals surface area contributed by atoms with Gasteiger partial charge in [0.1, 0.15) is 0 Å². The Balaban J connectivity index is 1.78. The lowest BCUT2D eigenvalue weighted by Crippen LogP contribution is -2.33. The minimum atomic E-state index is -0.869. The van der Waals surface area contributed by atoms with E-state index in [0.717, 1.165) is 31.6 Å². The second kappa shape index (κ2) is 10.1. The summed E-state index contributed by atoms with van der Waals surface area (Å²) in [6.45, 7) is 3.76. The molecule has 1 saturated carbocycles. The molecule has 27 heavy (non-hydrogen) atoms. The second-order valence-corrected chi connectivity index (χ2v) is 7.37. The molecule has 1 aliphatic carbocycles. The summed E-state index contributed by atoms with van der Waals surface area (Å²) in [4.78, 5) is 35.7. The summed E-state index contributed by atoms with van der Waals surface area (Å²) in [5.74, 6) is -0.590. The molecule has 0 spiro atoms. The van der Waals surface area contributed by atoms with Crippen molar-refractivity contribution in [3.05, 3.63) is 29.8 Å². The summed E-state index contributed by atoms with van der Waals surface area (Å²) in [6, 6.07) is 6.24. The van der Waals surface area contributed by atoms with Crippen molar-refractivity contribution in [2.24, 2.45) is 17.6 Å². The summed E-state index contributed by atoms with van der Waals surface area (Å²) in [5.41, 5.74) is 6.07. The van der Waals surface area contributed by atoms with Gasteiger partial charge >= 0.3 is 5.97 Å². The van der Waals surface area contributed by atoms with Crippen molar-refractivity contribution in [1.29, 1.82) is 0 Å². The van der Waals surface area contributed by atoms with Crippen molar-refractivity contribution in [1.82, 2.24) is 0 Å². The minimum Gasteiger partial charge on any atom is -0.452 e. The highest BCUT2D eigenvalue weighted by Gasteiger charge is 2.29.